The number of nitrogens with zero attached hydrogens (tertiary/aromatic N) is 1. The standard InChI is InChI=1S/C16H25NO2/c1-5-6-7-10-17(12(2)3)15-11-13(4)8-9-14(15)16(18)19/h8-9,11-12H,5-7,10H2,1-4H3,(H,18,19). The van der Waals surface area contributed by atoms with E-state index < -0.39 is 5.97 Å². The normalized spacial score (nSPS) is 10.8. The molecular weight excluding hydrogens is 238 g/mol. The average molecular weight is 263 g/mol. The van der Waals surface area contributed by atoms with Gasteiger partial charge < -0.3 is 10.0 Å². The quantitative estimate of drug-likeness (QED) is 0.753. The van der Waals surface area contributed by atoms with Gasteiger partial charge in [0.1, 0.15) is 0 Å². The molecule has 0 heterocycles. The van der Waals surface area contributed by atoms with Crippen LogP contribution in [-0.4, -0.2) is 23.7 Å². The molecule has 1 rings (SSSR count). The molecule has 0 aliphatic carbocycles. The summed E-state index contributed by atoms with van der Waals surface area (Å²) in [6.45, 7) is 9.31. The average Bonchev–Trinajstić information content (AvgIpc) is 2.33. The molecule has 3 nitrogen and oxygen atoms in total. The van der Waals surface area contributed by atoms with Crippen molar-refractivity contribution < 1.29 is 9.90 Å². The van der Waals surface area contributed by atoms with Gasteiger partial charge in [-0.25, -0.2) is 4.79 Å². The van der Waals surface area contributed by atoms with E-state index in [1.165, 1.54) is 12.8 Å². The highest BCUT2D eigenvalue weighted by atomic mass is 16.4. The van der Waals surface area contributed by atoms with Crippen molar-refractivity contribution in [1.29, 1.82) is 0 Å². The van der Waals surface area contributed by atoms with E-state index in [0.717, 1.165) is 24.2 Å². The third-order valence-corrected chi connectivity index (χ3v) is 3.32. The molecule has 19 heavy (non-hydrogen) atoms. The van der Waals surface area contributed by atoms with Gasteiger partial charge in [-0.1, -0.05) is 25.8 Å². The van der Waals surface area contributed by atoms with Gasteiger partial charge >= 0.3 is 5.97 Å². The number of unbranched alkanes of at least 4 members (excludes halogenated alkanes) is 2. The third-order valence-electron chi connectivity index (χ3n) is 3.32. The van der Waals surface area contributed by atoms with E-state index in [9.17, 15) is 9.90 Å². The minimum atomic E-state index is -0.851. The van der Waals surface area contributed by atoms with Crippen LogP contribution in [0.25, 0.3) is 0 Å². The van der Waals surface area contributed by atoms with Crippen LogP contribution in [0, 0.1) is 6.92 Å². The van der Waals surface area contributed by atoms with E-state index in [-0.39, 0.29) is 0 Å². The van der Waals surface area contributed by atoms with E-state index >= 15 is 0 Å². The summed E-state index contributed by atoms with van der Waals surface area (Å²) >= 11 is 0. The first kappa shape index (κ1) is 15.5. The topological polar surface area (TPSA) is 40.5 Å². The largest absolute Gasteiger partial charge is 0.478 e. The first-order valence-corrected chi connectivity index (χ1v) is 7.08. The Hall–Kier alpha value is -1.51. The lowest BCUT2D eigenvalue weighted by molar-refractivity contribution is 0.0697. The number of aryl methyl sites for hydroxylation is 1. The number of rotatable bonds is 7. The lowest BCUT2D eigenvalue weighted by atomic mass is 10.1. The summed E-state index contributed by atoms with van der Waals surface area (Å²) in [7, 11) is 0. The number of hydrogen-bond donors (Lipinski definition) is 1. The lowest BCUT2D eigenvalue weighted by Gasteiger charge is -2.30. The number of aromatic carboxylic acids is 1. The van der Waals surface area contributed by atoms with Crippen molar-refractivity contribution in [1.82, 2.24) is 0 Å². The fourth-order valence-corrected chi connectivity index (χ4v) is 2.25. The van der Waals surface area contributed by atoms with Crippen LogP contribution in [0.3, 0.4) is 0 Å². The van der Waals surface area contributed by atoms with Crippen molar-refractivity contribution in [3.05, 3.63) is 29.3 Å². The second kappa shape index (κ2) is 7.17. The van der Waals surface area contributed by atoms with Crippen LogP contribution in [0.4, 0.5) is 5.69 Å². The van der Waals surface area contributed by atoms with Gasteiger partial charge in [0.15, 0.2) is 0 Å². The summed E-state index contributed by atoms with van der Waals surface area (Å²) in [4.78, 5) is 13.6. The molecule has 0 saturated carbocycles. The summed E-state index contributed by atoms with van der Waals surface area (Å²) in [6.07, 6.45) is 3.45. The van der Waals surface area contributed by atoms with Crippen LogP contribution in [0.1, 0.15) is 56.0 Å². The molecular formula is C16H25NO2. The maximum Gasteiger partial charge on any atom is 0.337 e. The van der Waals surface area contributed by atoms with Crippen molar-refractivity contribution >= 4 is 11.7 Å². The van der Waals surface area contributed by atoms with Gasteiger partial charge in [-0.2, -0.15) is 0 Å². The number of carboxylic acid groups (broad SMARTS) is 1. The Morgan fingerprint density at radius 1 is 1.32 bits per heavy atom. The molecule has 0 radical (unpaired) electrons. The van der Waals surface area contributed by atoms with Crippen LogP contribution in [0.15, 0.2) is 18.2 Å². The van der Waals surface area contributed by atoms with Crippen LogP contribution in [0.5, 0.6) is 0 Å². The van der Waals surface area contributed by atoms with Crippen molar-refractivity contribution in [3.8, 4) is 0 Å². The van der Waals surface area contributed by atoms with E-state index in [4.69, 9.17) is 0 Å². The summed E-state index contributed by atoms with van der Waals surface area (Å²) in [6, 6.07) is 5.85. The Bertz CT molecular complexity index is 427. The number of carbonyl (C=O) groups is 1. The molecule has 0 bridgehead atoms. The molecule has 106 valence electrons. The van der Waals surface area contributed by atoms with E-state index in [2.05, 4.69) is 25.7 Å². The van der Waals surface area contributed by atoms with Gasteiger partial charge in [-0.05, 0) is 44.9 Å². The van der Waals surface area contributed by atoms with Gasteiger partial charge in [-0.3, -0.25) is 0 Å². The van der Waals surface area contributed by atoms with Crippen molar-refractivity contribution in [3.63, 3.8) is 0 Å². The maximum atomic E-state index is 11.4. The van der Waals surface area contributed by atoms with Gasteiger partial charge in [0.2, 0.25) is 0 Å². The molecule has 0 aliphatic heterocycles. The predicted octanol–water partition coefficient (Wildman–Crippen LogP) is 4.10. The number of carboxylic acids is 1. The second-order valence-electron chi connectivity index (χ2n) is 5.32. The fourth-order valence-electron chi connectivity index (χ4n) is 2.25. The van der Waals surface area contributed by atoms with Crippen molar-refractivity contribution in [2.24, 2.45) is 0 Å². The first-order chi connectivity index (χ1) is 8.97. The molecule has 0 spiro atoms. The highest BCUT2D eigenvalue weighted by molar-refractivity contribution is 5.94. The molecule has 0 aromatic heterocycles. The molecule has 0 aliphatic rings. The Morgan fingerprint density at radius 2 is 2.00 bits per heavy atom. The summed E-state index contributed by atoms with van der Waals surface area (Å²) in [5, 5.41) is 9.33. The van der Waals surface area contributed by atoms with Gasteiger partial charge in [0, 0.05) is 12.6 Å². The molecule has 1 N–H and O–H groups in total. The lowest BCUT2D eigenvalue weighted by Crippen LogP contribution is -2.33. The van der Waals surface area contributed by atoms with Gasteiger partial charge in [0.05, 0.1) is 11.3 Å². The monoisotopic (exact) mass is 263 g/mol. The van der Waals surface area contributed by atoms with Crippen LogP contribution >= 0.6 is 0 Å². The van der Waals surface area contributed by atoms with Gasteiger partial charge in [0.25, 0.3) is 0 Å². The Kier molecular flexibility index (Phi) is 5.87. The number of benzene rings is 1. The van der Waals surface area contributed by atoms with Crippen LogP contribution in [-0.2, 0) is 0 Å². The third kappa shape index (κ3) is 4.27. The molecule has 0 unspecified atom stereocenters. The van der Waals surface area contributed by atoms with Crippen LogP contribution in [0.2, 0.25) is 0 Å². The molecule has 0 saturated heterocycles. The zero-order valence-electron chi connectivity index (χ0n) is 12.4. The van der Waals surface area contributed by atoms with Crippen LogP contribution < -0.4 is 4.90 Å². The number of hydrogen-bond acceptors (Lipinski definition) is 2. The highest BCUT2D eigenvalue weighted by Gasteiger charge is 2.18. The van der Waals surface area contributed by atoms with Crippen molar-refractivity contribution in [2.75, 3.05) is 11.4 Å². The first-order valence-electron chi connectivity index (χ1n) is 7.08. The van der Waals surface area contributed by atoms with E-state index in [1.54, 1.807) is 6.07 Å². The van der Waals surface area contributed by atoms with E-state index in [0.29, 0.717) is 11.6 Å². The second-order valence-corrected chi connectivity index (χ2v) is 5.32. The Morgan fingerprint density at radius 3 is 2.53 bits per heavy atom. The maximum absolute atomic E-state index is 11.4. The molecule has 3 heteroatoms. The number of anilines is 1. The zero-order chi connectivity index (χ0) is 14.4. The minimum absolute atomic E-state index is 0.303. The van der Waals surface area contributed by atoms with E-state index in [1.807, 2.05) is 19.1 Å². The minimum Gasteiger partial charge on any atom is -0.478 e. The molecule has 1 aromatic rings. The summed E-state index contributed by atoms with van der Waals surface area (Å²) in [5.41, 5.74) is 2.34. The predicted molar refractivity (Wildman–Crippen MR) is 80.1 cm³/mol. The van der Waals surface area contributed by atoms with Gasteiger partial charge in [-0.15, -0.1) is 0 Å². The fraction of sp³-hybridized carbons (Fsp3) is 0.562. The summed E-state index contributed by atoms with van der Waals surface area (Å²) < 4.78 is 0. The zero-order valence-corrected chi connectivity index (χ0v) is 12.4. The highest BCUT2D eigenvalue weighted by Crippen LogP contribution is 2.25. The Labute approximate surface area is 116 Å². The van der Waals surface area contributed by atoms with Crippen molar-refractivity contribution in [2.45, 2.75) is 53.0 Å². The molecule has 0 atom stereocenters. The molecule has 0 amide bonds. The molecule has 0 fully saturated rings. The SMILES string of the molecule is CCCCCN(c1cc(C)ccc1C(=O)O)C(C)C. The smallest absolute Gasteiger partial charge is 0.337 e. The summed E-state index contributed by atoms with van der Waals surface area (Å²) in [5.74, 6) is -0.851. The Balaban J connectivity index is 3.06. The molecule has 1 aromatic carbocycles.